The summed E-state index contributed by atoms with van der Waals surface area (Å²) >= 11 is 0. The van der Waals surface area contributed by atoms with Crippen molar-refractivity contribution in [2.75, 3.05) is 7.11 Å². The molecule has 0 amide bonds. The number of nitrogens with zero attached hydrogens (tertiary/aromatic N) is 3. The summed E-state index contributed by atoms with van der Waals surface area (Å²) in [5.74, 6) is 0.329. The van der Waals surface area contributed by atoms with Crippen molar-refractivity contribution >= 4 is 11.8 Å². The Kier molecular flexibility index (Phi) is 2.03. The highest BCUT2D eigenvalue weighted by Crippen LogP contribution is 2.23. The summed E-state index contributed by atoms with van der Waals surface area (Å²) in [5, 5.41) is 3.87. The van der Waals surface area contributed by atoms with E-state index in [1.165, 1.54) is 17.9 Å². The first-order valence-corrected chi connectivity index (χ1v) is 2.93. The van der Waals surface area contributed by atoms with Crippen molar-refractivity contribution in [1.82, 2.24) is 9.78 Å². The SMILES string of the molecule is COc1nn(C)cc1N=C=O. The Balaban J connectivity index is 3.11. The summed E-state index contributed by atoms with van der Waals surface area (Å²) in [6.45, 7) is 0. The topological polar surface area (TPSA) is 56.5 Å². The third-order valence-corrected chi connectivity index (χ3v) is 1.14. The molecule has 1 aromatic heterocycles. The van der Waals surface area contributed by atoms with E-state index in [2.05, 4.69) is 10.1 Å². The Labute approximate surface area is 63.3 Å². The predicted octanol–water partition coefficient (Wildman–Crippen LogP) is 0.396. The fourth-order valence-corrected chi connectivity index (χ4v) is 0.727. The van der Waals surface area contributed by atoms with Crippen LogP contribution in [0.4, 0.5) is 5.69 Å². The number of hydrogen-bond acceptors (Lipinski definition) is 4. The summed E-state index contributed by atoms with van der Waals surface area (Å²) in [7, 11) is 3.18. The van der Waals surface area contributed by atoms with Gasteiger partial charge in [0, 0.05) is 7.05 Å². The van der Waals surface area contributed by atoms with Crippen LogP contribution in [0.25, 0.3) is 0 Å². The van der Waals surface area contributed by atoms with E-state index in [9.17, 15) is 4.79 Å². The van der Waals surface area contributed by atoms with E-state index in [1.807, 2.05) is 0 Å². The summed E-state index contributed by atoms with van der Waals surface area (Å²) in [6, 6.07) is 0. The molecule has 1 rings (SSSR count). The van der Waals surface area contributed by atoms with Gasteiger partial charge in [0.15, 0.2) is 5.69 Å². The maximum atomic E-state index is 9.87. The van der Waals surface area contributed by atoms with Gasteiger partial charge in [0.25, 0.3) is 5.88 Å². The average Bonchev–Trinajstić information content (AvgIpc) is 2.32. The van der Waals surface area contributed by atoms with Gasteiger partial charge in [0.1, 0.15) is 0 Å². The molecule has 0 atom stereocenters. The van der Waals surface area contributed by atoms with Crippen molar-refractivity contribution in [2.24, 2.45) is 12.0 Å². The number of methoxy groups -OCH3 is 1. The van der Waals surface area contributed by atoms with Crippen molar-refractivity contribution in [3.05, 3.63) is 6.20 Å². The number of rotatable bonds is 2. The molecule has 0 bridgehead atoms. The highest BCUT2D eigenvalue weighted by atomic mass is 16.5. The standard InChI is InChI=1S/C6H7N3O2/c1-9-3-5(7-4-10)6(8-9)11-2/h3H,1-2H3. The molecule has 0 aliphatic carbocycles. The highest BCUT2D eigenvalue weighted by molar-refractivity contribution is 5.53. The van der Waals surface area contributed by atoms with Gasteiger partial charge in [-0.05, 0) is 0 Å². The van der Waals surface area contributed by atoms with Gasteiger partial charge in [-0.1, -0.05) is 0 Å². The van der Waals surface area contributed by atoms with Gasteiger partial charge in [-0.2, -0.15) is 4.99 Å². The molecule has 0 radical (unpaired) electrons. The Hall–Kier alpha value is -1.61. The minimum absolute atomic E-state index is 0.329. The van der Waals surface area contributed by atoms with Crippen LogP contribution < -0.4 is 4.74 Å². The molecular formula is C6H7N3O2. The van der Waals surface area contributed by atoms with Gasteiger partial charge in [-0.3, -0.25) is 4.68 Å². The predicted molar refractivity (Wildman–Crippen MR) is 37.5 cm³/mol. The van der Waals surface area contributed by atoms with Crippen LogP contribution in [-0.2, 0) is 11.8 Å². The lowest BCUT2D eigenvalue weighted by atomic mass is 10.6. The second-order valence-electron chi connectivity index (χ2n) is 1.90. The molecule has 0 saturated carbocycles. The Morgan fingerprint density at radius 2 is 2.55 bits per heavy atom. The summed E-state index contributed by atoms with van der Waals surface area (Å²) in [4.78, 5) is 13.3. The molecule has 1 aromatic rings. The molecule has 5 heteroatoms. The van der Waals surface area contributed by atoms with Gasteiger partial charge in [-0.25, -0.2) is 4.79 Å². The lowest BCUT2D eigenvalue weighted by molar-refractivity contribution is 0.393. The number of carbonyl (C=O) groups excluding carboxylic acids is 1. The van der Waals surface area contributed by atoms with Crippen LogP contribution >= 0.6 is 0 Å². The zero-order chi connectivity index (χ0) is 8.27. The number of aryl methyl sites for hydroxylation is 1. The van der Waals surface area contributed by atoms with Crippen LogP contribution in [0, 0.1) is 0 Å². The maximum Gasteiger partial charge on any atom is 0.259 e. The molecule has 0 aromatic carbocycles. The number of ether oxygens (including phenoxy) is 1. The molecular weight excluding hydrogens is 146 g/mol. The van der Waals surface area contributed by atoms with Crippen molar-refractivity contribution in [3.63, 3.8) is 0 Å². The fourth-order valence-electron chi connectivity index (χ4n) is 0.727. The number of aromatic nitrogens is 2. The molecule has 0 saturated heterocycles. The van der Waals surface area contributed by atoms with Crippen LogP contribution in [0.3, 0.4) is 0 Å². The van der Waals surface area contributed by atoms with Crippen molar-refractivity contribution in [1.29, 1.82) is 0 Å². The van der Waals surface area contributed by atoms with Crippen molar-refractivity contribution in [2.45, 2.75) is 0 Å². The lowest BCUT2D eigenvalue weighted by Crippen LogP contribution is -1.88. The normalized spacial score (nSPS) is 8.91. The number of aliphatic imine (C=N–C) groups is 1. The monoisotopic (exact) mass is 153 g/mol. The van der Waals surface area contributed by atoms with Crippen molar-refractivity contribution < 1.29 is 9.53 Å². The minimum atomic E-state index is 0.329. The molecule has 0 N–H and O–H groups in total. The smallest absolute Gasteiger partial charge is 0.259 e. The summed E-state index contributed by atoms with van der Waals surface area (Å²) in [5.41, 5.74) is 0.394. The van der Waals surface area contributed by atoms with Gasteiger partial charge < -0.3 is 4.74 Å². The van der Waals surface area contributed by atoms with E-state index in [4.69, 9.17) is 4.74 Å². The molecule has 0 unspecified atom stereocenters. The first-order chi connectivity index (χ1) is 5.27. The maximum absolute atomic E-state index is 9.87. The number of isocyanates is 1. The quantitative estimate of drug-likeness (QED) is 0.456. The zero-order valence-electron chi connectivity index (χ0n) is 6.24. The molecule has 1 heterocycles. The zero-order valence-corrected chi connectivity index (χ0v) is 6.24. The van der Waals surface area contributed by atoms with Crippen LogP contribution in [0.5, 0.6) is 5.88 Å². The molecule has 11 heavy (non-hydrogen) atoms. The fraction of sp³-hybridized carbons (Fsp3) is 0.333. The minimum Gasteiger partial charge on any atom is -0.478 e. The van der Waals surface area contributed by atoms with E-state index in [-0.39, 0.29) is 0 Å². The highest BCUT2D eigenvalue weighted by Gasteiger charge is 2.04. The molecule has 0 aliphatic rings. The van der Waals surface area contributed by atoms with Crippen LogP contribution in [0.2, 0.25) is 0 Å². The van der Waals surface area contributed by atoms with E-state index in [1.54, 1.807) is 13.2 Å². The van der Waals surface area contributed by atoms with Crippen LogP contribution in [0.1, 0.15) is 0 Å². The van der Waals surface area contributed by atoms with Gasteiger partial charge in [0.05, 0.1) is 13.3 Å². The average molecular weight is 153 g/mol. The van der Waals surface area contributed by atoms with Gasteiger partial charge in [0.2, 0.25) is 6.08 Å². The van der Waals surface area contributed by atoms with E-state index in [0.717, 1.165) is 0 Å². The Morgan fingerprint density at radius 3 is 3.09 bits per heavy atom. The first-order valence-electron chi connectivity index (χ1n) is 2.93. The van der Waals surface area contributed by atoms with Crippen LogP contribution in [-0.4, -0.2) is 23.0 Å². The molecule has 0 aliphatic heterocycles. The second kappa shape index (κ2) is 2.98. The van der Waals surface area contributed by atoms with Gasteiger partial charge in [-0.15, -0.1) is 5.10 Å². The van der Waals surface area contributed by atoms with E-state index >= 15 is 0 Å². The van der Waals surface area contributed by atoms with E-state index in [0.29, 0.717) is 11.6 Å². The molecule has 58 valence electrons. The van der Waals surface area contributed by atoms with E-state index < -0.39 is 0 Å². The Morgan fingerprint density at radius 1 is 1.82 bits per heavy atom. The molecule has 0 fully saturated rings. The largest absolute Gasteiger partial charge is 0.478 e. The molecule has 0 spiro atoms. The third-order valence-electron chi connectivity index (χ3n) is 1.14. The lowest BCUT2D eigenvalue weighted by Gasteiger charge is -1.90. The number of hydrogen-bond donors (Lipinski definition) is 0. The van der Waals surface area contributed by atoms with Crippen molar-refractivity contribution in [3.8, 4) is 5.88 Å². The van der Waals surface area contributed by atoms with Crippen LogP contribution in [0.15, 0.2) is 11.2 Å². The molecule has 5 nitrogen and oxygen atoms in total. The first kappa shape index (κ1) is 7.50. The summed E-state index contributed by atoms with van der Waals surface area (Å²) < 4.78 is 6.32. The Bertz CT molecular complexity index is 299. The third kappa shape index (κ3) is 1.45. The summed E-state index contributed by atoms with van der Waals surface area (Å²) in [6.07, 6.45) is 2.99. The van der Waals surface area contributed by atoms with Gasteiger partial charge >= 0.3 is 0 Å². The second-order valence-corrected chi connectivity index (χ2v) is 1.90.